The van der Waals surface area contributed by atoms with Gasteiger partial charge < -0.3 is 11.1 Å². The van der Waals surface area contributed by atoms with E-state index in [0.29, 0.717) is 12.0 Å². The van der Waals surface area contributed by atoms with Crippen molar-refractivity contribution in [2.24, 2.45) is 11.7 Å². The molecule has 2 fully saturated rings. The second-order valence-electron chi connectivity index (χ2n) is 5.01. The normalized spacial score (nSPS) is 35.0. The molecule has 0 aliphatic heterocycles. The van der Waals surface area contributed by atoms with E-state index in [-0.39, 0.29) is 5.91 Å². The number of hydrogen-bond donors (Lipinski definition) is 2. The van der Waals surface area contributed by atoms with E-state index in [1.807, 2.05) is 0 Å². The molecule has 2 rings (SSSR count). The molecule has 0 bridgehead atoms. The predicted octanol–water partition coefficient (Wildman–Crippen LogP) is 1.17. The Labute approximate surface area is 85.4 Å². The topological polar surface area (TPSA) is 55.1 Å². The molecule has 2 aliphatic rings. The maximum absolute atomic E-state index is 11.9. The molecule has 2 atom stereocenters. The van der Waals surface area contributed by atoms with Gasteiger partial charge in [0.1, 0.15) is 0 Å². The van der Waals surface area contributed by atoms with Crippen LogP contribution in [0.25, 0.3) is 0 Å². The summed E-state index contributed by atoms with van der Waals surface area (Å²) in [5.41, 5.74) is 5.56. The second kappa shape index (κ2) is 3.54. The van der Waals surface area contributed by atoms with Crippen molar-refractivity contribution in [2.45, 2.75) is 57.0 Å². The van der Waals surface area contributed by atoms with Crippen molar-refractivity contribution >= 4 is 5.91 Å². The number of rotatable bonds is 2. The van der Waals surface area contributed by atoms with Crippen LogP contribution in [-0.4, -0.2) is 17.5 Å². The fourth-order valence-electron chi connectivity index (χ4n) is 2.25. The standard InChI is InChI=1S/C11H20N2O/c1-8-7-9(8)13-10(14)11(12)5-3-2-4-6-11/h8-9H,2-7,12H2,1H3,(H,13,14). The summed E-state index contributed by atoms with van der Waals surface area (Å²) in [6.45, 7) is 2.16. The Morgan fingerprint density at radius 3 is 2.43 bits per heavy atom. The molecule has 0 saturated heterocycles. The van der Waals surface area contributed by atoms with Crippen molar-refractivity contribution in [1.82, 2.24) is 5.32 Å². The number of hydrogen-bond acceptors (Lipinski definition) is 2. The summed E-state index contributed by atoms with van der Waals surface area (Å²) < 4.78 is 0. The minimum atomic E-state index is -0.555. The van der Waals surface area contributed by atoms with E-state index in [1.54, 1.807) is 0 Å². The lowest BCUT2D eigenvalue weighted by Crippen LogP contribution is -2.55. The van der Waals surface area contributed by atoms with Gasteiger partial charge in [-0.15, -0.1) is 0 Å². The SMILES string of the molecule is CC1CC1NC(=O)C1(N)CCCCC1. The van der Waals surface area contributed by atoms with Crippen LogP contribution in [0.2, 0.25) is 0 Å². The number of carbonyl (C=O) groups is 1. The van der Waals surface area contributed by atoms with Crippen molar-refractivity contribution in [1.29, 1.82) is 0 Å². The molecular formula is C11H20N2O. The molecule has 0 aromatic heterocycles. The van der Waals surface area contributed by atoms with E-state index >= 15 is 0 Å². The van der Waals surface area contributed by atoms with Gasteiger partial charge >= 0.3 is 0 Å². The smallest absolute Gasteiger partial charge is 0.240 e. The van der Waals surface area contributed by atoms with Crippen LogP contribution < -0.4 is 11.1 Å². The van der Waals surface area contributed by atoms with Gasteiger partial charge in [-0.1, -0.05) is 26.2 Å². The molecule has 3 heteroatoms. The fourth-order valence-corrected chi connectivity index (χ4v) is 2.25. The van der Waals surface area contributed by atoms with Crippen LogP contribution in [0.5, 0.6) is 0 Å². The molecule has 0 aromatic rings. The Balaban J connectivity index is 1.88. The maximum atomic E-state index is 11.9. The highest BCUT2D eigenvalue weighted by Gasteiger charge is 2.40. The first-order valence-corrected chi connectivity index (χ1v) is 5.72. The van der Waals surface area contributed by atoms with Crippen LogP contribution >= 0.6 is 0 Å². The number of carbonyl (C=O) groups excluding carboxylic acids is 1. The van der Waals surface area contributed by atoms with Crippen LogP contribution in [0, 0.1) is 5.92 Å². The van der Waals surface area contributed by atoms with Crippen LogP contribution in [0.15, 0.2) is 0 Å². The fraction of sp³-hybridized carbons (Fsp3) is 0.909. The van der Waals surface area contributed by atoms with Crippen LogP contribution in [0.3, 0.4) is 0 Å². The van der Waals surface area contributed by atoms with Crippen molar-refractivity contribution in [2.75, 3.05) is 0 Å². The van der Waals surface area contributed by atoms with E-state index in [0.717, 1.165) is 32.1 Å². The minimum absolute atomic E-state index is 0.0894. The summed E-state index contributed by atoms with van der Waals surface area (Å²) >= 11 is 0. The molecule has 2 aliphatic carbocycles. The largest absolute Gasteiger partial charge is 0.351 e. The average Bonchev–Trinajstić information content (AvgIpc) is 2.83. The molecular weight excluding hydrogens is 176 g/mol. The van der Waals surface area contributed by atoms with Crippen molar-refractivity contribution in [3.05, 3.63) is 0 Å². The zero-order valence-electron chi connectivity index (χ0n) is 8.88. The monoisotopic (exact) mass is 196 g/mol. The highest BCUT2D eigenvalue weighted by Crippen LogP contribution is 2.31. The zero-order valence-corrected chi connectivity index (χ0v) is 8.88. The van der Waals surface area contributed by atoms with Crippen LogP contribution in [0.1, 0.15) is 45.4 Å². The van der Waals surface area contributed by atoms with Crippen molar-refractivity contribution in [3.8, 4) is 0 Å². The Bertz CT molecular complexity index is 233. The molecule has 0 radical (unpaired) electrons. The second-order valence-corrected chi connectivity index (χ2v) is 5.01. The third kappa shape index (κ3) is 1.92. The Kier molecular flexibility index (Phi) is 2.52. The zero-order chi connectivity index (χ0) is 10.2. The average molecular weight is 196 g/mol. The van der Waals surface area contributed by atoms with Crippen LogP contribution in [0.4, 0.5) is 0 Å². The Hall–Kier alpha value is -0.570. The van der Waals surface area contributed by atoms with Gasteiger partial charge in [-0.05, 0) is 25.2 Å². The molecule has 0 aromatic carbocycles. The van der Waals surface area contributed by atoms with Gasteiger partial charge in [0.05, 0.1) is 5.54 Å². The van der Waals surface area contributed by atoms with Crippen molar-refractivity contribution < 1.29 is 4.79 Å². The predicted molar refractivity (Wildman–Crippen MR) is 55.7 cm³/mol. The molecule has 3 nitrogen and oxygen atoms in total. The molecule has 2 saturated carbocycles. The number of nitrogens with one attached hydrogen (secondary N) is 1. The van der Waals surface area contributed by atoms with Gasteiger partial charge in [0.15, 0.2) is 0 Å². The molecule has 2 unspecified atom stereocenters. The van der Waals surface area contributed by atoms with E-state index in [9.17, 15) is 4.79 Å². The van der Waals surface area contributed by atoms with E-state index in [2.05, 4.69) is 12.2 Å². The third-order valence-electron chi connectivity index (χ3n) is 3.62. The summed E-state index contributed by atoms with van der Waals surface area (Å²) in [7, 11) is 0. The lowest BCUT2D eigenvalue weighted by atomic mass is 9.82. The van der Waals surface area contributed by atoms with Gasteiger partial charge in [0, 0.05) is 6.04 Å². The summed E-state index contributed by atoms with van der Waals surface area (Å²) in [5.74, 6) is 0.748. The maximum Gasteiger partial charge on any atom is 0.240 e. The first-order valence-electron chi connectivity index (χ1n) is 5.72. The lowest BCUT2D eigenvalue weighted by molar-refractivity contribution is -0.127. The summed E-state index contributed by atoms with van der Waals surface area (Å²) in [4.78, 5) is 11.9. The van der Waals surface area contributed by atoms with E-state index in [1.165, 1.54) is 6.42 Å². The number of nitrogens with two attached hydrogens (primary N) is 1. The Morgan fingerprint density at radius 1 is 1.36 bits per heavy atom. The van der Waals surface area contributed by atoms with Gasteiger partial charge in [-0.3, -0.25) is 4.79 Å². The van der Waals surface area contributed by atoms with Gasteiger partial charge in [-0.25, -0.2) is 0 Å². The Morgan fingerprint density at radius 2 is 1.93 bits per heavy atom. The summed E-state index contributed by atoms with van der Waals surface area (Å²) in [6.07, 6.45) is 6.28. The summed E-state index contributed by atoms with van der Waals surface area (Å²) in [5, 5.41) is 3.05. The van der Waals surface area contributed by atoms with E-state index in [4.69, 9.17) is 5.73 Å². The van der Waals surface area contributed by atoms with Gasteiger partial charge in [0.25, 0.3) is 0 Å². The third-order valence-corrected chi connectivity index (χ3v) is 3.62. The molecule has 0 heterocycles. The summed E-state index contributed by atoms with van der Waals surface area (Å²) in [6, 6.07) is 0.407. The molecule has 0 spiro atoms. The first-order chi connectivity index (χ1) is 6.62. The highest BCUT2D eigenvalue weighted by molar-refractivity contribution is 5.86. The molecule has 3 N–H and O–H groups in total. The van der Waals surface area contributed by atoms with E-state index < -0.39 is 5.54 Å². The molecule has 80 valence electrons. The number of amides is 1. The quantitative estimate of drug-likeness (QED) is 0.696. The van der Waals surface area contributed by atoms with Gasteiger partial charge in [-0.2, -0.15) is 0 Å². The first kappa shape index (κ1) is 9.97. The van der Waals surface area contributed by atoms with Crippen LogP contribution in [-0.2, 0) is 4.79 Å². The van der Waals surface area contributed by atoms with Crippen molar-refractivity contribution in [3.63, 3.8) is 0 Å². The van der Waals surface area contributed by atoms with Gasteiger partial charge in [0.2, 0.25) is 5.91 Å². The minimum Gasteiger partial charge on any atom is -0.351 e. The molecule has 1 amide bonds. The highest BCUT2D eigenvalue weighted by atomic mass is 16.2. The lowest BCUT2D eigenvalue weighted by Gasteiger charge is -2.31. The molecule has 14 heavy (non-hydrogen) atoms.